The molecule has 2 aliphatic rings. The molecular formula is C9H12O2. The smallest absolute Gasteiger partial charge is 0.309 e. The van der Waals surface area contributed by atoms with Crippen LogP contribution in [0.25, 0.3) is 0 Å². The summed E-state index contributed by atoms with van der Waals surface area (Å²) in [7, 11) is 1.47. The van der Waals surface area contributed by atoms with Crippen LogP contribution in [0, 0.1) is 17.8 Å². The summed E-state index contributed by atoms with van der Waals surface area (Å²) in [5, 5.41) is 0. The second-order valence-electron chi connectivity index (χ2n) is 3.41. The first-order valence-corrected chi connectivity index (χ1v) is 4.07. The summed E-state index contributed by atoms with van der Waals surface area (Å²) >= 11 is 0. The average molecular weight is 152 g/mol. The summed E-state index contributed by atoms with van der Waals surface area (Å²) in [5.41, 5.74) is 0. The Bertz CT molecular complexity index is 208. The van der Waals surface area contributed by atoms with Gasteiger partial charge in [-0.25, -0.2) is 0 Å². The van der Waals surface area contributed by atoms with Crippen molar-refractivity contribution in [1.82, 2.24) is 0 Å². The molecule has 0 amide bonds. The van der Waals surface area contributed by atoms with Crippen molar-refractivity contribution < 1.29 is 9.53 Å². The fraction of sp³-hybridized carbons (Fsp3) is 0.667. The van der Waals surface area contributed by atoms with E-state index in [2.05, 4.69) is 12.2 Å². The predicted molar refractivity (Wildman–Crippen MR) is 40.9 cm³/mol. The van der Waals surface area contributed by atoms with Crippen LogP contribution in [0.3, 0.4) is 0 Å². The molecule has 0 saturated heterocycles. The molecule has 11 heavy (non-hydrogen) atoms. The maximum absolute atomic E-state index is 11.1. The summed E-state index contributed by atoms with van der Waals surface area (Å²) in [6, 6.07) is 0. The highest BCUT2D eigenvalue weighted by Gasteiger charge is 2.40. The van der Waals surface area contributed by atoms with Crippen LogP contribution in [0.2, 0.25) is 0 Å². The number of carbonyl (C=O) groups is 1. The monoisotopic (exact) mass is 152 g/mol. The van der Waals surface area contributed by atoms with Gasteiger partial charge >= 0.3 is 5.97 Å². The van der Waals surface area contributed by atoms with E-state index < -0.39 is 0 Å². The van der Waals surface area contributed by atoms with Gasteiger partial charge in [-0.15, -0.1) is 0 Å². The fourth-order valence-electron chi connectivity index (χ4n) is 2.20. The molecule has 0 N–H and O–H groups in total. The quantitative estimate of drug-likeness (QED) is 0.419. The van der Waals surface area contributed by atoms with Crippen LogP contribution in [0.1, 0.15) is 12.8 Å². The third-order valence-corrected chi connectivity index (χ3v) is 2.78. The van der Waals surface area contributed by atoms with Crippen molar-refractivity contribution in [1.29, 1.82) is 0 Å². The van der Waals surface area contributed by atoms with Gasteiger partial charge in [0.15, 0.2) is 0 Å². The van der Waals surface area contributed by atoms with Crippen molar-refractivity contribution in [3.63, 3.8) is 0 Å². The number of hydrogen-bond acceptors (Lipinski definition) is 2. The predicted octanol–water partition coefficient (Wildman–Crippen LogP) is 1.37. The number of rotatable bonds is 1. The van der Waals surface area contributed by atoms with E-state index >= 15 is 0 Å². The van der Waals surface area contributed by atoms with E-state index in [0.717, 1.165) is 6.42 Å². The first-order chi connectivity index (χ1) is 5.31. The maximum Gasteiger partial charge on any atom is 0.309 e. The van der Waals surface area contributed by atoms with Crippen LogP contribution in [0.15, 0.2) is 12.2 Å². The molecule has 2 rings (SSSR count). The summed E-state index contributed by atoms with van der Waals surface area (Å²) in [5.74, 6) is 1.27. The molecule has 2 nitrogen and oxygen atoms in total. The molecule has 0 aromatic carbocycles. The van der Waals surface area contributed by atoms with Gasteiger partial charge < -0.3 is 4.74 Å². The zero-order valence-corrected chi connectivity index (χ0v) is 6.62. The lowest BCUT2D eigenvalue weighted by atomic mass is 9.94. The molecule has 2 bridgehead atoms. The van der Waals surface area contributed by atoms with Gasteiger partial charge in [-0.1, -0.05) is 12.2 Å². The highest BCUT2D eigenvalue weighted by molar-refractivity contribution is 5.73. The number of methoxy groups -OCH3 is 1. The molecule has 0 unspecified atom stereocenters. The lowest BCUT2D eigenvalue weighted by molar-refractivity contribution is -0.146. The van der Waals surface area contributed by atoms with Crippen LogP contribution in [0.5, 0.6) is 0 Å². The van der Waals surface area contributed by atoms with Crippen molar-refractivity contribution in [2.45, 2.75) is 12.8 Å². The van der Waals surface area contributed by atoms with Gasteiger partial charge in [0.05, 0.1) is 13.0 Å². The van der Waals surface area contributed by atoms with Crippen LogP contribution >= 0.6 is 0 Å². The van der Waals surface area contributed by atoms with Crippen LogP contribution in [0.4, 0.5) is 0 Å². The summed E-state index contributed by atoms with van der Waals surface area (Å²) in [6.45, 7) is 0. The molecule has 60 valence electrons. The van der Waals surface area contributed by atoms with Gasteiger partial charge in [0.1, 0.15) is 0 Å². The van der Waals surface area contributed by atoms with E-state index in [1.165, 1.54) is 13.5 Å². The number of hydrogen-bond donors (Lipinski definition) is 0. The highest BCUT2D eigenvalue weighted by Crippen LogP contribution is 2.43. The van der Waals surface area contributed by atoms with E-state index in [4.69, 9.17) is 4.74 Å². The van der Waals surface area contributed by atoms with Gasteiger partial charge in [0.25, 0.3) is 0 Å². The Labute approximate surface area is 66.2 Å². The van der Waals surface area contributed by atoms with Crippen LogP contribution in [-0.2, 0) is 9.53 Å². The van der Waals surface area contributed by atoms with Crippen molar-refractivity contribution >= 4 is 5.97 Å². The van der Waals surface area contributed by atoms with Crippen molar-refractivity contribution in [2.75, 3.05) is 7.11 Å². The van der Waals surface area contributed by atoms with Gasteiger partial charge in [0.2, 0.25) is 0 Å². The van der Waals surface area contributed by atoms with Gasteiger partial charge in [-0.3, -0.25) is 4.79 Å². The van der Waals surface area contributed by atoms with Gasteiger partial charge in [-0.2, -0.15) is 0 Å². The number of carbonyl (C=O) groups excluding carboxylic acids is 1. The van der Waals surface area contributed by atoms with Gasteiger partial charge in [0, 0.05) is 0 Å². The number of fused-ring (bicyclic) bond motifs is 2. The van der Waals surface area contributed by atoms with Crippen molar-refractivity contribution in [2.24, 2.45) is 17.8 Å². The lowest BCUT2D eigenvalue weighted by Gasteiger charge is -2.14. The van der Waals surface area contributed by atoms with E-state index in [-0.39, 0.29) is 11.9 Å². The Morgan fingerprint density at radius 1 is 1.45 bits per heavy atom. The minimum absolute atomic E-state index is 0.0261. The van der Waals surface area contributed by atoms with E-state index in [0.29, 0.717) is 11.8 Å². The summed E-state index contributed by atoms with van der Waals surface area (Å²) in [4.78, 5) is 11.1. The van der Waals surface area contributed by atoms with Crippen LogP contribution in [-0.4, -0.2) is 13.1 Å². The summed E-state index contributed by atoms with van der Waals surface area (Å²) in [6.07, 6.45) is 6.56. The molecule has 1 fully saturated rings. The number of esters is 1. The zero-order valence-electron chi connectivity index (χ0n) is 6.62. The molecule has 0 spiro atoms. The Kier molecular flexibility index (Phi) is 1.48. The molecule has 0 radical (unpaired) electrons. The Hall–Kier alpha value is -0.790. The highest BCUT2D eigenvalue weighted by atomic mass is 16.5. The van der Waals surface area contributed by atoms with Crippen molar-refractivity contribution in [3.8, 4) is 0 Å². The number of ether oxygens (including phenoxy) is 1. The van der Waals surface area contributed by atoms with Gasteiger partial charge in [-0.05, 0) is 24.7 Å². The zero-order chi connectivity index (χ0) is 7.84. The van der Waals surface area contributed by atoms with Crippen molar-refractivity contribution in [3.05, 3.63) is 12.2 Å². The first kappa shape index (κ1) is 6.89. The second kappa shape index (κ2) is 2.36. The lowest BCUT2D eigenvalue weighted by Crippen LogP contribution is -2.19. The molecule has 1 saturated carbocycles. The molecule has 3 atom stereocenters. The minimum Gasteiger partial charge on any atom is -0.469 e. The molecule has 0 aromatic heterocycles. The second-order valence-corrected chi connectivity index (χ2v) is 3.41. The molecular weight excluding hydrogens is 140 g/mol. The Morgan fingerprint density at radius 3 is 2.73 bits per heavy atom. The normalized spacial score (nSPS) is 39.5. The number of allylic oxidation sites excluding steroid dienone is 2. The molecule has 2 aliphatic carbocycles. The topological polar surface area (TPSA) is 26.3 Å². The molecule has 0 heterocycles. The third-order valence-electron chi connectivity index (χ3n) is 2.78. The summed E-state index contributed by atoms with van der Waals surface area (Å²) < 4.78 is 4.71. The molecule has 0 aromatic rings. The first-order valence-electron chi connectivity index (χ1n) is 4.07. The standard InChI is InChI=1S/C9H12O2/c1-11-9(10)8-5-6-2-3-7(8)4-6/h2-3,6-8H,4-5H2,1H3/t6-,7-,8-/m1/s1. The average Bonchev–Trinajstić information content (AvgIpc) is 2.62. The molecule has 0 aliphatic heterocycles. The van der Waals surface area contributed by atoms with E-state index in [1.54, 1.807) is 0 Å². The maximum atomic E-state index is 11.1. The SMILES string of the molecule is COC(=O)[C@@H]1C[C@@H]2C=C[C@@H]1C2. The Morgan fingerprint density at radius 2 is 2.27 bits per heavy atom. The third kappa shape index (κ3) is 0.971. The fourth-order valence-corrected chi connectivity index (χ4v) is 2.20. The van der Waals surface area contributed by atoms with E-state index in [1.807, 2.05) is 0 Å². The molecule has 2 heteroatoms. The minimum atomic E-state index is -0.0261. The Balaban J connectivity index is 2.08. The van der Waals surface area contributed by atoms with E-state index in [9.17, 15) is 4.79 Å². The van der Waals surface area contributed by atoms with Crippen LogP contribution < -0.4 is 0 Å². The largest absolute Gasteiger partial charge is 0.469 e.